The summed E-state index contributed by atoms with van der Waals surface area (Å²) >= 11 is 0. The maximum atomic E-state index is 17.4. The van der Waals surface area contributed by atoms with Gasteiger partial charge in [-0.05, 0) is 25.5 Å². The van der Waals surface area contributed by atoms with Crippen LogP contribution in [0.4, 0.5) is 8.78 Å². The summed E-state index contributed by atoms with van der Waals surface area (Å²) in [6, 6.07) is -1.96. The van der Waals surface area contributed by atoms with Crippen molar-refractivity contribution in [2.45, 2.75) is 56.1 Å². The topological polar surface area (TPSA) is 96.4 Å². The Balaban J connectivity index is 1.90. The normalized spacial score (nSPS) is 44.6. The van der Waals surface area contributed by atoms with E-state index in [0.29, 0.717) is 25.6 Å². The molecule has 0 aromatic heterocycles. The summed E-state index contributed by atoms with van der Waals surface area (Å²) in [5.74, 6) is -4.00. The molecular formula is C24H28F2N2O6. The number of ether oxygens (including phenoxy) is 2. The molecule has 0 aromatic rings. The van der Waals surface area contributed by atoms with E-state index >= 15 is 4.39 Å². The summed E-state index contributed by atoms with van der Waals surface area (Å²) in [5, 5.41) is 12.3. The fraction of sp³-hybridized carbons (Fsp3) is 0.625. The fourth-order valence-corrected chi connectivity index (χ4v) is 7.85. The molecule has 1 unspecified atom stereocenters. The van der Waals surface area contributed by atoms with Crippen molar-refractivity contribution in [3.8, 4) is 0 Å². The van der Waals surface area contributed by atoms with Crippen molar-refractivity contribution in [1.29, 1.82) is 0 Å². The molecule has 0 radical (unpaired) electrons. The second-order valence-electron chi connectivity index (χ2n) is 9.97. The van der Waals surface area contributed by atoms with Crippen LogP contribution in [-0.2, 0) is 23.9 Å². The number of alkyl halides is 1. The molecule has 0 amide bonds. The van der Waals surface area contributed by atoms with E-state index in [1.807, 2.05) is 17.9 Å². The van der Waals surface area contributed by atoms with Crippen LogP contribution in [-0.4, -0.2) is 89.3 Å². The molecule has 7 atom stereocenters. The molecule has 1 N–H and O–H groups in total. The number of likely N-dealkylation sites (tertiary alicyclic amines) is 1. The van der Waals surface area contributed by atoms with E-state index in [1.54, 1.807) is 6.08 Å². The quantitative estimate of drug-likeness (QED) is 0.478. The van der Waals surface area contributed by atoms with Gasteiger partial charge in [0.25, 0.3) is 0 Å². The molecule has 3 heterocycles. The van der Waals surface area contributed by atoms with Crippen LogP contribution in [0.2, 0.25) is 0 Å². The second-order valence-corrected chi connectivity index (χ2v) is 9.97. The number of nitrogens with zero attached hydrogens (tertiary/aromatic N) is 2. The Bertz CT molecular complexity index is 1090. The van der Waals surface area contributed by atoms with Gasteiger partial charge in [0.2, 0.25) is 11.4 Å². The van der Waals surface area contributed by atoms with E-state index in [4.69, 9.17) is 9.47 Å². The molecule has 184 valence electrons. The zero-order valence-corrected chi connectivity index (χ0v) is 19.5. The number of carbonyl (C=O) groups is 3. The standard InChI is InChI=1S/C24H28F2N2O6/c1-5-21-7-6-9-28-10-8-22(17(21)28)18(24(32,20(31)33-4)19(21)34-13(2)29)27(3)16-11-15(30)14(25)12-23(16,22)26/h6-7,11-12,17-19,32H,5,8-10H2,1-4H3/t17-,18+,19+,21+,22+,23?,24-/m0/s1. The molecule has 3 aliphatic heterocycles. The highest BCUT2D eigenvalue weighted by Gasteiger charge is 2.86. The van der Waals surface area contributed by atoms with E-state index in [1.165, 1.54) is 18.9 Å². The molecule has 1 saturated carbocycles. The SMILES string of the molecule is CC[C@@]12C=CCN3CC[C@@]4([C@@H]31)[C@@H](N(C)C1=CC(=O)C(F)=CC14F)[C@@](O)(C(=O)OC)[C@@H]2OC(C)=O. The van der Waals surface area contributed by atoms with Crippen LogP contribution in [0.5, 0.6) is 0 Å². The van der Waals surface area contributed by atoms with Crippen molar-refractivity contribution in [1.82, 2.24) is 9.80 Å². The Morgan fingerprint density at radius 1 is 1.32 bits per heavy atom. The number of hydrogen-bond acceptors (Lipinski definition) is 8. The van der Waals surface area contributed by atoms with Gasteiger partial charge in [0.1, 0.15) is 0 Å². The van der Waals surface area contributed by atoms with E-state index in [9.17, 15) is 23.9 Å². The third-order valence-corrected chi connectivity index (χ3v) is 8.79. The minimum Gasteiger partial charge on any atom is -0.467 e. The van der Waals surface area contributed by atoms with Crippen LogP contribution in [0.3, 0.4) is 0 Å². The summed E-state index contributed by atoms with van der Waals surface area (Å²) in [6.45, 7) is 3.88. The summed E-state index contributed by atoms with van der Waals surface area (Å²) in [4.78, 5) is 41.3. The highest BCUT2D eigenvalue weighted by atomic mass is 19.1. The maximum Gasteiger partial charge on any atom is 0.344 e. The lowest BCUT2D eigenvalue weighted by molar-refractivity contribution is -0.252. The average Bonchev–Trinajstić information content (AvgIpc) is 3.27. The number of esters is 2. The molecule has 1 spiro atoms. The van der Waals surface area contributed by atoms with Crippen LogP contribution < -0.4 is 0 Å². The van der Waals surface area contributed by atoms with Gasteiger partial charge >= 0.3 is 11.9 Å². The Kier molecular flexibility index (Phi) is 4.75. The Morgan fingerprint density at radius 2 is 2.03 bits per heavy atom. The molecule has 3 fully saturated rings. The second kappa shape index (κ2) is 6.97. The maximum absolute atomic E-state index is 17.4. The van der Waals surface area contributed by atoms with Crippen molar-refractivity contribution < 1.29 is 37.7 Å². The van der Waals surface area contributed by atoms with Gasteiger partial charge in [0, 0.05) is 38.0 Å². The number of fused-ring (bicyclic) bond motifs is 1. The monoisotopic (exact) mass is 478 g/mol. The van der Waals surface area contributed by atoms with Crippen molar-refractivity contribution in [3.63, 3.8) is 0 Å². The number of rotatable bonds is 3. The van der Waals surface area contributed by atoms with Gasteiger partial charge in [-0.25, -0.2) is 13.6 Å². The van der Waals surface area contributed by atoms with E-state index in [-0.39, 0.29) is 12.1 Å². The lowest BCUT2D eigenvalue weighted by atomic mass is 9.46. The molecule has 10 heteroatoms. The molecule has 0 aromatic carbocycles. The fourth-order valence-electron chi connectivity index (χ4n) is 7.85. The van der Waals surface area contributed by atoms with Crippen molar-refractivity contribution >= 4 is 17.7 Å². The van der Waals surface area contributed by atoms with Crippen LogP contribution in [0.25, 0.3) is 0 Å². The van der Waals surface area contributed by atoms with Crippen LogP contribution in [0.1, 0.15) is 26.7 Å². The van der Waals surface area contributed by atoms with E-state index in [2.05, 4.69) is 0 Å². The number of carbonyl (C=O) groups excluding carboxylic acids is 3. The number of aliphatic hydroxyl groups is 1. The number of likely N-dealkylation sites (N-methyl/N-ethyl adjacent to an activating group) is 1. The number of hydrogen-bond donors (Lipinski definition) is 1. The Hall–Kier alpha value is -2.59. The summed E-state index contributed by atoms with van der Waals surface area (Å²) in [5.41, 5.74) is -7.84. The third-order valence-electron chi connectivity index (χ3n) is 8.79. The van der Waals surface area contributed by atoms with Crippen LogP contribution >= 0.6 is 0 Å². The summed E-state index contributed by atoms with van der Waals surface area (Å²) in [6.07, 6.45) is 4.30. The number of allylic oxidation sites excluding steroid dienone is 3. The average molecular weight is 478 g/mol. The van der Waals surface area contributed by atoms with Crippen molar-refractivity contribution in [2.24, 2.45) is 10.8 Å². The molecule has 34 heavy (non-hydrogen) atoms. The zero-order chi connectivity index (χ0) is 24.8. The molecule has 0 bridgehead atoms. The van der Waals surface area contributed by atoms with Gasteiger partial charge in [-0.3, -0.25) is 14.5 Å². The van der Waals surface area contributed by atoms with E-state index in [0.717, 1.165) is 13.2 Å². The van der Waals surface area contributed by atoms with Crippen molar-refractivity contribution in [3.05, 3.63) is 35.8 Å². The minimum atomic E-state index is -2.51. The molecule has 8 nitrogen and oxygen atoms in total. The third kappa shape index (κ3) is 2.31. The first-order valence-corrected chi connectivity index (χ1v) is 11.4. The van der Waals surface area contributed by atoms with Gasteiger partial charge in [-0.2, -0.15) is 0 Å². The first-order valence-electron chi connectivity index (χ1n) is 11.4. The Morgan fingerprint density at radius 3 is 2.65 bits per heavy atom. The summed E-state index contributed by atoms with van der Waals surface area (Å²) < 4.78 is 42.8. The molecule has 2 aliphatic carbocycles. The molecular weight excluding hydrogens is 450 g/mol. The first-order chi connectivity index (χ1) is 16.0. The van der Waals surface area contributed by atoms with Crippen molar-refractivity contribution in [2.75, 3.05) is 27.2 Å². The highest BCUT2D eigenvalue weighted by Crippen LogP contribution is 2.72. The lowest BCUT2D eigenvalue weighted by Gasteiger charge is -2.64. The van der Waals surface area contributed by atoms with Gasteiger partial charge < -0.3 is 19.5 Å². The number of halogens is 2. The first kappa shape index (κ1) is 23.2. The predicted molar refractivity (Wildman–Crippen MR) is 114 cm³/mol. The minimum absolute atomic E-state index is 0.129. The highest BCUT2D eigenvalue weighted by molar-refractivity contribution is 6.04. The van der Waals surface area contributed by atoms with E-state index < -0.39 is 63.8 Å². The van der Waals surface area contributed by atoms with Gasteiger partial charge in [0.15, 0.2) is 17.6 Å². The zero-order valence-electron chi connectivity index (χ0n) is 19.5. The summed E-state index contributed by atoms with van der Waals surface area (Å²) in [7, 11) is 2.55. The molecule has 2 saturated heterocycles. The Labute approximate surface area is 195 Å². The van der Waals surface area contributed by atoms with Crippen LogP contribution in [0, 0.1) is 10.8 Å². The van der Waals surface area contributed by atoms with Gasteiger partial charge in [-0.15, -0.1) is 0 Å². The number of methoxy groups -OCH3 is 1. The van der Waals surface area contributed by atoms with Crippen LogP contribution in [0.15, 0.2) is 35.8 Å². The molecule has 5 aliphatic rings. The van der Waals surface area contributed by atoms with Gasteiger partial charge in [0.05, 0.1) is 24.3 Å². The van der Waals surface area contributed by atoms with Gasteiger partial charge in [-0.1, -0.05) is 19.1 Å². The number of ketones is 1. The smallest absolute Gasteiger partial charge is 0.344 e. The largest absolute Gasteiger partial charge is 0.467 e. The lowest BCUT2D eigenvalue weighted by Crippen LogP contribution is -2.81. The molecule has 5 rings (SSSR count). The predicted octanol–water partition coefficient (Wildman–Crippen LogP) is 1.20.